The molecule has 1 N–H and O–H groups in total. The Balaban J connectivity index is 1.90. The summed E-state index contributed by atoms with van der Waals surface area (Å²) in [5, 5.41) is 2.88. The molecule has 0 bridgehead atoms. The van der Waals surface area contributed by atoms with Crippen molar-refractivity contribution in [3.8, 4) is 11.1 Å². The van der Waals surface area contributed by atoms with E-state index in [9.17, 15) is 4.79 Å². The quantitative estimate of drug-likeness (QED) is 0.726. The zero-order valence-corrected chi connectivity index (χ0v) is 13.2. The van der Waals surface area contributed by atoms with Gasteiger partial charge in [0.15, 0.2) is 0 Å². The van der Waals surface area contributed by atoms with E-state index >= 15 is 0 Å². The zero-order chi connectivity index (χ0) is 16.2. The van der Waals surface area contributed by atoms with Gasteiger partial charge in [0, 0.05) is 12.4 Å². The molecule has 0 atom stereocenters. The molecular weight excluding hydrogens is 335 g/mol. The van der Waals surface area contributed by atoms with Gasteiger partial charge in [0.25, 0.3) is 5.91 Å². The highest BCUT2D eigenvalue weighted by atomic mass is 35.5. The first kappa shape index (κ1) is 15.4. The number of hydrogen-bond acceptors (Lipinski definition) is 4. The molecule has 0 saturated carbocycles. The number of benzene rings is 1. The molecule has 0 aliphatic carbocycles. The predicted molar refractivity (Wildman–Crippen MR) is 89.7 cm³/mol. The van der Waals surface area contributed by atoms with Crippen molar-refractivity contribution >= 4 is 35.1 Å². The number of carbonyl (C=O) groups is 1. The SMILES string of the molecule is O=C(Nc1nc(Cl)c(-c2ccccc2)c(Cl)n1)c1cccnc1. The Labute approximate surface area is 142 Å². The van der Waals surface area contributed by atoms with Crippen LogP contribution in [0.5, 0.6) is 0 Å². The van der Waals surface area contributed by atoms with Gasteiger partial charge in [-0.2, -0.15) is 9.97 Å². The number of carbonyl (C=O) groups excluding carboxylic acids is 1. The average molecular weight is 345 g/mol. The van der Waals surface area contributed by atoms with Gasteiger partial charge in [0.1, 0.15) is 10.3 Å². The number of rotatable bonds is 3. The van der Waals surface area contributed by atoms with Crippen molar-refractivity contribution in [2.75, 3.05) is 5.32 Å². The van der Waals surface area contributed by atoms with E-state index in [0.717, 1.165) is 5.56 Å². The van der Waals surface area contributed by atoms with Crippen molar-refractivity contribution < 1.29 is 4.79 Å². The van der Waals surface area contributed by atoms with E-state index in [1.54, 1.807) is 18.3 Å². The van der Waals surface area contributed by atoms with E-state index in [0.29, 0.717) is 11.1 Å². The summed E-state index contributed by atoms with van der Waals surface area (Å²) in [7, 11) is 0. The Kier molecular flexibility index (Phi) is 4.50. The molecule has 0 aliphatic rings. The third-order valence-electron chi connectivity index (χ3n) is 3.03. The molecule has 23 heavy (non-hydrogen) atoms. The van der Waals surface area contributed by atoms with Gasteiger partial charge in [-0.25, -0.2) is 0 Å². The molecule has 5 nitrogen and oxygen atoms in total. The highest BCUT2D eigenvalue weighted by Gasteiger charge is 2.15. The number of hydrogen-bond donors (Lipinski definition) is 1. The van der Waals surface area contributed by atoms with Gasteiger partial charge in [0.05, 0.1) is 11.1 Å². The van der Waals surface area contributed by atoms with E-state index in [4.69, 9.17) is 23.2 Å². The minimum absolute atomic E-state index is 0.0357. The van der Waals surface area contributed by atoms with Crippen LogP contribution in [0.2, 0.25) is 10.3 Å². The molecular formula is C16H10Cl2N4O. The molecule has 7 heteroatoms. The number of nitrogens with zero attached hydrogens (tertiary/aromatic N) is 3. The molecule has 3 rings (SSSR count). The fraction of sp³-hybridized carbons (Fsp3) is 0. The van der Waals surface area contributed by atoms with Gasteiger partial charge in [-0.3, -0.25) is 15.1 Å². The fourth-order valence-electron chi connectivity index (χ4n) is 1.98. The second kappa shape index (κ2) is 6.73. The molecule has 1 aromatic carbocycles. The lowest BCUT2D eigenvalue weighted by molar-refractivity contribution is 0.102. The van der Waals surface area contributed by atoms with E-state index in [1.165, 1.54) is 6.20 Å². The van der Waals surface area contributed by atoms with Crippen molar-refractivity contribution in [2.24, 2.45) is 0 Å². The maximum atomic E-state index is 12.1. The summed E-state index contributed by atoms with van der Waals surface area (Å²) >= 11 is 12.4. The van der Waals surface area contributed by atoms with Crippen LogP contribution in [0.1, 0.15) is 10.4 Å². The maximum Gasteiger partial charge on any atom is 0.259 e. The monoisotopic (exact) mass is 344 g/mol. The first-order valence-corrected chi connectivity index (χ1v) is 7.40. The minimum atomic E-state index is -0.391. The summed E-state index contributed by atoms with van der Waals surface area (Å²) < 4.78 is 0. The Morgan fingerprint density at radius 2 is 1.65 bits per heavy atom. The van der Waals surface area contributed by atoms with Crippen LogP contribution in [0.25, 0.3) is 11.1 Å². The van der Waals surface area contributed by atoms with Crippen molar-refractivity contribution in [1.82, 2.24) is 15.0 Å². The third-order valence-corrected chi connectivity index (χ3v) is 3.58. The summed E-state index contributed by atoms with van der Waals surface area (Å²) in [6, 6.07) is 12.6. The lowest BCUT2D eigenvalue weighted by Gasteiger charge is -2.09. The third kappa shape index (κ3) is 3.47. The second-order valence-corrected chi connectivity index (χ2v) is 5.28. The van der Waals surface area contributed by atoms with Crippen LogP contribution in [0.3, 0.4) is 0 Å². The number of amides is 1. The topological polar surface area (TPSA) is 67.8 Å². The van der Waals surface area contributed by atoms with Gasteiger partial charge < -0.3 is 0 Å². The lowest BCUT2D eigenvalue weighted by atomic mass is 10.1. The van der Waals surface area contributed by atoms with E-state index in [2.05, 4.69) is 20.3 Å². The van der Waals surface area contributed by atoms with Crippen molar-refractivity contribution in [2.45, 2.75) is 0 Å². The Morgan fingerprint density at radius 1 is 0.957 bits per heavy atom. The average Bonchev–Trinajstić information content (AvgIpc) is 2.56. The molecule has 0 fully saturated rings. The highest BCUT2D eigenvalue weighted by Crippen LogP contribution is 2.32. The van der Waals surface area contributed by atoms with E-state index in [1.807, 2.05) is 30.3 Å². The summed E-state index contributed by atoms with van der Waals surface area (Å²) in [6.45, 7) is 0. The number of pyridine rings is 1. The summed E-state index contributed by atoms with van der Waals surface area (Å²) in [6.07, 6.45) is 3.02. The van der Waals surface area contributed by atoms with Gasteiger partial charge in [-0.05, 0) is 17.7 Å². The van der Waals surface area contributed by atoms with Crippen molar-refractivity contribution in [3.05, 3.63) is 70.7 Å². The Hall–Kier alpha value is -2.50. The number of nitrogens with one attached hydrogen (secondary N) is 1. The van der Waals surface area contributed by atoms with Gasteiger partial charge in [-0.15, -0.1) is 0 Å². The molecule has 0 spiro atoms. The smallest absolute Gasteiger partial charge is 0.259 e. The molecule has 114 valence electrons. The number of aromatic nitrogens is 3. The molecule has 2 heterocycles. The molecule has 2 aromatic heterocycles. The maximum absolute atomic E-state index is 12.1. The molecule has 0 aliphatic heterocycles. The van der Waals surface area contributed by atoms with Gasteiger partial charge >= 0.3 is 0 Å². The zero-order valence-electron chi connectivity index (χ0n) is 11.7. The standard InChI is InChI=1S/C16H10Cl2N4O/c17-13-12(10-5-2-1-3-6-10)14(18)21-16(20-13)22-15(23)11-7-4-8-19-9-11/h1-9H,(H,20,21,22,23). The summed E-state index contributed by atoms with van der Waals surface area (Å²) in [5.74, 6) is -0.355. The van der Waals surface area contributed by atoms with Crippen LogP contribution < -0.4 is 5.32 Å². The Bertz CT molecular complexity index is 818. The van der Waals surface area contributed by atoms with Crippen LogP contribution in [-0.2, 0) is 0 Å². The van der Waals surface area contributed by atoms with Crippen LogP contribution in [0.15, 0.2) is 54.9 Å². The molecule has 1 amide bonds. The molecule has 0 radical (unpaired) electrons. The van der Waals surface area contributed by atoms with Crippen LogP contribution in [0.4, 0.5) is 5.95 Å². The van der Waals surface area contributed by atoms with Crippen LogP contribution in [0, 0.1) is 0 Å². The van der Waals surface area contributed by atoms with Crippen LogP contribution >= 0.6 is 23.2 Å². The van der Waals surface area contributed by atoms with Crippen LogP contribution in [-0.4, -0.2) is 20.9 Å². The number of anilines is 1. The highest BCUT2D eigenvalue weighted by molar-refractivity contribution is 6.37. The minimum Gasteiger partial charge on any atom is -0.290 e. The number of halogens is 2. The first-order chi connectivity index (χ1) is 11.1. The first-order valence-electron chi connectivity index (χ1n) is 6.65. The Morgan fingerprint density at radius 3 is 2.26 bits per heavy atom. The fourth-order valence-corrected chi connectivity index (χ4v) is 2.58. The van der Waals surface area contributed by atoms with Gasteiger partial charge in [-0.1, -0.05) is 53.5 Å². The van der Waals surface area contributed by atoms with Crippen molar-refractivity contribution in [3.63, 3.8) is 0 Å². The second-order valence-electron chi connectivity index (χ2n) is 4.57. The summed E-state index contributed by atoms with van der Waals surface area (Å²) in [4.78, 5) is 24.1. The molecule has 3 aromatic rings. The van der Waals surface area contributed by atoms with Gasteiger partial charge in [0.2, 0.25) is 5.95 Å². The normalized spacial score (nSPS) is 10.3. The van der Waals surface area contributed by atoms with Crippen molar-refractivity contribution in [1.29, 1.82) is 0 Å². The predicted octanol–water partition coefficient (Wildman–Crippen LogP) is 4.10. The molecule has 0 saturated heterocycles. The van der Waals surface area contributed by atoms with E-state index in [-0.39, 0.29) is 16.3 Å². The summed E-state index contributed by atoms with van der Waals surface area (Å²) in [5.41, 5.74) is 1.71. The largest absolute Gasteiger partial charge is 0.290 e. The lowest BCUT2D eigenvalue weighted by Crippen LogP contribution is -2.14. The van der Waals surface area contributed by atoms with E-state index < -0.39 is 5.91 Å². The molecule has 0 unspecified atom stereocenters.